The number of carbonyl (C=O) groups excluding carboxylic acids is 3. The van der Waals surface area contributed by atoms with Gasteiger partial charge < -0.3 is 49.1 Å². The van der Waals surface area contributed by atoms with Gasteiger partial charge in [-0.2, -0.15) is 21.6 Å². The average molecular weight is 947 g/mol. The SMILES string of the molecule is C[N+]1(Cc2ccc3c(c2)OCO3)CCC[C@H](N(C(=O)Nc2ccc(OS(=O)(=O)c3cc(S(=O)(=O)c4ccccc4)cs3)cc2)[C@@H](Cc2ccc(O)cc2)C(N)=O)C1.O=C([O-])C(F)(F)F. The van der Waals surface area contributed by atoms with Crippen LogP contribution in [0.5, 0.6) is 23.0 Å². The molecule has 3 amide bonds. The van der Waals surface area contributed by atoms with E-state index in [1.807, 2.05) is 18.2 Å². The Balaban J connectivity index is 0.000000898. The van der Waals surface area contributed by atoms with E-state index in [0.717, 1.165) is 35.9 Å². The quantitative estimate of drug-likeness (QED) is 0.107. The third kappa shape index (κ3) is 11.6. The number of likely N-dealkylation sites (tertiary alicyclic amines) is 1. The van der Waals surface area contributed by atoms with Crippen LogP contribution in [0, 0.1) is 0 Å². The maximum atomic E-state index is 14.3. The van der Waals surface area contributed by atoms with E-state index in [2.05, 4.69) is 12.4 Å². The maximum Gasteiger partial charge on any atom is 0.430 e. The number of piperidine rings is 1. The number of sulfone groups is 1. The number of ether oxygens (including phenoxy) is 2. The van der Waals surface area contributed by atoms with Gasteiger partial charge in [0.05, 0.1) is 36.0 Å². The Bertz CT molecular complexity index is 2700. The fourth-order valence-electron chi connectivity index (χ4n) is 7.26. The smallest absolute Gasteiger partial charge is 0.430 e. The van der Waals surface area contributed by atoms with Gasteiger partial charge in [0.25, 0.3) is 0 Å². The summed E-state index contributed by atoms with van der Waals surface area (Å²) in [7, 11) is -6.24. The molecule has 4 N–H and O–H groups in total. The Kier molecular flexibility index (Phi) is 14.1. The number of benzene rings is 4. The molecule has 22 heteroatoms. The van der Waals surface area contributed by atoms with Crippen LogP contribution in [0.2, 0.25) is 0 Å². The average Bonchev–Trinajstić information content (AvgIpc) is 3.94. The molecule has 7 rings (SSSR count). The molecule has 340 valence electrons. The second kappa shape index (κ2) is 19.2. The van der Waals surface area contributed by atoms with Crippen molar-refractivity contribution in [2.75, 3.05) is 32.2 Å². The standard InChI is InChI=1S/C40H40N4O10S3.C2HF3O2/c1-44(23-28-11-18-36-37(21-28)53-26-52-36)19-5-6-30(24-44)43(35(39(41)46)20-27-9-14-31(45)15-10-27)40(47)42-29-12-16-32(17-13-29)54-57(50,51)38-22-34(25-55-38)56(48,49)33-7-3-2-4-8-33;3-2(4,5)1(6)7/h2-4,7-18,21-22,25,30,35H,5-6,19-20,23-24,26H2,1H3,(H3-,41,42,45,46,47);(H,6,7)/t30-,35-,44?;/m0./s1. The molecule has 0 saturated carbocycles. The van der Waals surface area contributed by atoms with Crippen molar-refractivity contribution in [1.82, 2.24) is 4.90 Å². The van der Waals surface area contributed by atoms with Crippen LogP contribution in [0.1, 0.15) is 24.0 Å². The number of aromatic hydroxyl groups is 1. The molecule has 0 spiro atoms. The minimum absolute atomic E-state index is 0.0317. The topological polar surface area (TPSA) is 232 Å². The number of carbonyl (C=O) groups is 3. The van der Waals surface area contributed by atoms with Gasteiger partial charge in [0, 0.05) is 23.1 Å². The van der Waals surface area contributed by atoms with E-state index in [0.29, 0.717) is 46.7 Å². The Labute approximate surface area is 369 Å². The molecule has 64 heavy (non-hydrogen) atoms. The molecule has 1 unspecified atom stereocenters. The molecule has 0 radical (unpaired) electrons. The summed E-state index contributed by atoms with van der Waals surface area (Å²) in [5, 5.41) is 22.8. The lowest BCUT2D eigenvalue weighted by molar-refractivity contribution is -0.928. The summed E-state index contributed by atoms with van der Waals surface area (Å²) in [6.45, 7) is 2.16. The number of anilines is 1. The predicted octanol–water partition coefficient (Wildman–Crippen LogP) is 4.82. The van der Waals surface area contributed by atoms with E-state index >= 15 is 0 Å². The summed E-state index contributed by atoms with van der Waals surface area (Å²) in [4.78, 5) is 37.7. The molecular weight excluding hydrogens is 906 g/mol. The van der Waals surface area contributed by atoms with E-state index in [1.165, 1.54) is 58.8 Å². The molecule has 3 heterocycles. The van der Waals surface area contributed by atoms with Crippen LogP contribution in [0.15, 0.2) is 123 Å². The number of amides is 3. The van der Waals surface area contributed by atoms with E-state index < -0.39 is 56.1 Å². The van der Waals surface area contributed by atoms with Crippen molar-refractivity contribution in [3.05, 3.63) is 120 Å². The molecule has 4 aromatic carbocycles. The monoisotopic (exact) mass is 946 g/mol. The number of urea groups is 1. The lowest BCUT2D eigenvalue weighted by Gasteiger charge is -2.46. The van der Waals surface area contributed by atoms with Gasteiger partial charge in [-0.25, -0.2) is 13.2 Å². The first-order chi connectivity index (χ1) is 30.1. The zero-order valence-electron chi connectivity index (χ0n) is 33.8. The number of aliphatic carboxylic acids is 1. The van der Waals surface area contributed by atoms with Crippen molar-refractivity contribution in [2.24, 2.45) is 5.73 Å². The number of hydrogen-bond acceptors (Lipinski definition) is 13. The number of primary amides is 1. The summed E-state index contributed by atoms with van der Waals surface area (Å²) in [6.07, 6.45) is -3.71. The maximum absolute atomic E-state index is 14.3. The molecular formula is C42H41F3N4O12S3. The molecule has 2 aliphatic rings. The van der Waals surface area contributed by atoms with E-state index in [1.54, 1.807) is 30.3 Å². The Hall–Kier alpha value is -6.36. The Morgan fingerprint density at radius 3 is 2.22 bits per heavy atom. The number of halogens is 3. The first-order valence-electron chi connectivity index (χ1n) is 19.2. The largest absolute Gasteiger partial charge is 0.542 e. The number of carboxylic acid groups (broad SMARTS) is 1. The fraction of sp³-hybridized carbons (Fsp3) is 0.262. The molecule has 1 fully saturated rings. The van der Waals surface area contributed by atoms with Crippen LogP contribution >= 0.6 is 11.3 Å². The third-order valence-electron chi connectivity index (χ3n) is 10.3. The van der Waals surface area contributed by atoms with Gasteiger partial charge in [-0.3, -0.25) is 4.79 Å². The fourth-order valence-corrected chi connectivity index (χ4v) is 11.1. The number of likely N-dealkylation sites (N-methyl/N-ethyl adjacent to an activating group) is 1. The zero-order valence-corrected chi connectivity index (χ0v) is 36.2. The number of phenols is 1. The van der Waals surface area contributed by atoms with Crippen molar-refractivity contribution >= 4 is 54.9 Å². The first kappa shape index (κ1) is 47.1. The minimum atomic E-state index is -5.19. The van der Waals surface area contributed by atoms with Crippen LogP contribution in [0.4, 0.5) is 23.7 Å². The van der Waals surface area contributed by atoms with Gasteiger partial charge in [-0.05, 0) is 91.2 Å². The number of quaternary nitrogens is 1. The molecule has 0 aliphatic carbocycles. The minimum Gasteiger partial charge on any atom is -0.542 e. The van der Waals surface area contributed by atoms with Crippen LogP contribution in [0.3, 0.4) is 0 Å². The molecule has 3 atom stereocenters. The van der Waals surface area contributed by atoms with Crippen LogP contribution in [0.25, 0.3) is 0 Å². The van der Waals surface area contributed by atoms with Crippen LogP contribution in [-0.4, -0.2) is 94.4 Å². The van der Waals surface area contributed by atoms with Gasteiger partial charge in [0.2, 0.25) is 22.5 Å². The van der Waals surface area contributed by atoms with Gasteiger partial charge >= 0.3 is 22.3 Å². The number of nitrogens with zero attached hydrogens (tertiary/aromatic N) is 2. The highest BCUT2D eigenvalue weighted by molar-refractivity contribution is 7.92. The van der Waals surface area contributed by atoms with Gasteiger partial charge in [0.15, 0.2) is 15.7 Å². The van der Waals surface area contributed by atoms with Crippen LogP contribution < -0.4 is 29.8 Å². The molecule has 16 nitrogen and oxygen atoms in total. The molecule has 5 aromatic rings. The molecule has 1 aromatic heterocycles. The summed E-state index contributed by atoms with van der Waals surface area (Å²) in [5.41, 5.74) is 8.06. The normalized spacial score (nSPS) is 17.6. The second-order valence-electron chi connectivity index (χ2n) is 15.1. The highest BCUT2D eigenvalue weighted by Crippen LogP contribution is 2.35. The van der Waals surface area contributed by atoms with E-state index in [4.69, 9.17) is 29.3 Å². The summed E-state index contributed by atoms with van der Waals surface area (Å²) in [6, 6.07) is 24.5. The molecule has 0 bridgehead atoms. The van der Waals surface area contributed by atoms with Crippen molar-refractivity contribution in [3.63, 3.8) is 0 Å². The van der Waals surface area contributed by atoms with Crippen molar-refractivity contribution in [3.8, 4) is 23.0 Å². The van der Waals surface area contributed by atoms with Crippen LogP contribution in [-0.2, 0) is 42.5 Å². The molecule has 1 saturated heterocycles. The predicted molar refractivity (Wildman–Crippen MR) is 222 cm³/mol. The van der Waals surface area contributed by atoms with Crippen molar-refractivity contribution in [2.45, 2.75) is 58.1 Å². The van der Waals surface area contributed by atoms with Crippen molar-refractivity contribution < 1.29 is 72.7 Å². The Morgan fingerprint density at radius 1 is 0.938 bits per heavy atom. The lowest BCUT2D eigenvalue weighted by Crippen LogP contribution is -2.62. The lowest BCUT2D eigenvalue weighted by atomic mass is 9.96. The third-order valence-corrected chi connectivity index (χ3v) is 14.8. The summed E-state index contributed by atoms with van der Waals surface area (Å²) in [5.74, 6) is -2.35. The second-order valence-corrected chi connectivity index (χ2v) is 19.7. The number of phenolic OH excluding ortho intramolecular Hbond substituents is 1. The highest BCUT2D eigenvalue weighted by Gasteiger charge is 2.41. The highest BCUT2D eigenvalue weighted by atomic mass is 32.3. The first-order valence-corrected chi connectivity index (χ1v) is 23.0. The number of fused-ring (bicyclic) bond motifs is 1. The van der Waals surface area contributed by atoms with Crippen molar-refractivity contribution in [1.29, 1.82) is 0 Å². The number of rotatable bonds is 13. The van der Waals surface area contributed by atoms with Gasteiger partial charge in [-0.1, -0.05) is 30.3 Å². The number of carboxylic acids is 1. The number of alkyl halides is 3. The number of thiophene rings is 1. The summed E-state index contributed by atoms with van der Waals surface area (Å²) >= 11 is 0.720. The van der Waals surface area contributed by atoms with Gasteiger partial charge in [0.1, 0.15) is 30.1 Å². The number of nitrogens with one attached hydrogen (secondary N) is 1. The molecule has 2 aliphatic heterocycles. The van der Waals surface area contributed by atoms with E-state index in [-0.39, 0.29) is 38.7 Å². The zero-order chi connectivity index (χ0) is 46.5. The number of hydrogen-bond donors (Lipinski definition) is 3. The summed E-state index contributed by atoms with van der Waals surface area (Å²) < 4.78 is 101. The Morgan fingerprint density at radius 2 is 1.58 bits per heavy atom. The van der Waals surface area contributed by atoms with Gasteiger partial charge in [-0.15, -0.1) is 11.3 Å². The number of nitrogens with two attached hydrogens (primary N) is 1. The van der Waals surface area contributed by atoms with E-state index in [9.17, 15) is 44.7 Å².